The van der Waals surface area contributed by atoms with Gasteiger partial charge in [0.2, 0.25) is 5.82 Å². The van der Waals surface area contributed by atoms with Crippen LogP contribution in [-0.2, 0) is 0 Å². The zero-order valence-corrected chi connectivity index (χ0v) is 17.0. The quantitative estimate of drug-likeness (QED) is 0.509. The second-order valence-electron chi connectivity index (χ2n) is 7.22. The number of rotatable bonds is 4. The fourth-order valence-corrected chi connectivity index (χ4v) is 3.15. The zero-order chi connectivity index (χ0) is 21.3. The standard InChI is InChI=1S/C24H21FN4O/c1-15-7-13-20(14-8-15)26-24(30)22-27-23(18-9-11-19(25)12-10-18)29(28-22)21-6-4-5-16(2)17(21)3/h4-14H,1-3H3,(H,26,30). The number of nitrogens with one attached hydrogen (secondary N) is 1. The average molecular weight is 400 g/mol. The van der Waals surface area contributed by atoms with E-state index in [0.717, 1.165) is 22.4 Å². The average Bonchev–Trinajstić information content (AvgIpc) is 3.17. The maximum absolute atomic E-state index is 13.4. The summed E-state index contributed by atoms with van der Waals surface area (Å²) in [4.78, 5) is 17.3. The summed E-state index contributed by atoms with van der Waals surface area (Å²) < 4.78 is 15.1. The second kappa shape index (κ2) is 7.91. The lowest BCUT2D eigenvalue weighted by molar-refractivity contribution is 0.101. The molecule has 1 aromatic heterocycles. The molecule has 0 saturated carbocycles. The van der Waals surface area contributed by atoms with E-state index in [1.54, 1.807) is 16.8 Å². The van der Waals surface area contributed by atoms with Crippen molar-refractivity contribution >= 4 is 11.6 Å². The molecule has 0 fully saturated rings. The van der Waals surface area contributed by atoms with Crippen LogP contribution in [0.3, 0.4) is 0 Å². The summed E-state index contributed by atoms with van der Waals surface area (Å²) in [6, 6.07) is 19.3. The number of hydrogen-bond donors (Lipinski definition) is 1. The topological polar surface area (TPSA) is 59.8 Å². The molecule has 5 nitrogen and oxygen atoms in total. The molecule has 30 heavy (non-hydrogen) atoms. The second-order valence-corrected chi connectivity index (χ2v) is 7.22. The molecule has 0 aliphatic rings. The Morgan fingerprint density at radius 1 is 0.933 bits per heavy atom. The minimum Gasteiger partial charge on any atom is -0.319 e. The van der Waals surface area contributed by atoms with E-state index < -0.39 is 5.91 Å². The Kier molecular flexibility index (Phi) is 5.14. The Morgan fingerprint density at radius 3 is 2.33 bits per heavy atom. The lowest BCUT2D eigenvalue weighted by Gasteiger charge is -2.11. The van der Waals surface area contributed by atoms with Gasteiger partial charge in [-0.3, -0.25) is 4.79 Å². The Labute approximate surface area is 174 Å². The van der Waals surface area contributed by atoms with E-state index in [1.807, 2.05) is 63.2 Å². The van der Waals surface area contributed by atoms with E-state index in [-0.39, 0.29) is 11.6 Å². The van der Waals surface area contributed by atoms with Crippen LogP contribution < -0.4 is 5.32 Å². The van der Waals surface area contributed by atoms with Crippen molar-refractivity contribution in [2.45, 2.75) is 20.8 Å². The van der Waals surface area contributed by atoms with Gasteiger partial charge in [-0.25, -0.2) is 14.1 Å². The molecule has 0 unspecified atom stereocenters. The molecular formula is C24H21FN4O. The molecular weight excluding hydrogens is 379 g/mol. The first-order valence-electron chi connectivity index (χ1n) is 9.60. The first kappa shape index (κ1) is 19.5. The Bertz CT molecular complexity index is 1210. The van der Waals surface area contributed by atoms with Gasteiger partial charge in [0.15, 0.2) is 5.82 Å². The van der Waals surface area contributed by atoms with Gasteiger partial charge in [-0.1, -0.05) is 29.8 Å². The molecule has 0 atom stereocenters. The van der Waals surface area contributed by atoms with Gasteiger partial charge in [-0.2, -0.15) is 0 Å². The van der Waals surface area contributed by atoms with Gasteiger partial charge in [0, 0.05) is 11.3 Å². The number of amides is 1. The SMILES string of the molecule is Cc1ccc(NC(=O)c2nc(-c3ccc(F)cc3)n(-c3cccc(C)c3C)n2)cc1. The molecule has 0 aliphatic carbocycles. The molecule has 1 amide bonds. The van der Waals surface area contributed by atoms with Crippen molar-refractivity contribution in [3.05, 3.63) is 95.1 Å². The third kappa shape index (κ3) is 3.85. The first-order valence-corrected chi connectivity index (χ1v) is 9.60. The van der Waals surface area contributed by atoms with E-state index >= 15 is 0 Å². The van der Waals surface area contributed by atoms with Crippen LogP contribution in [0.25, 0.3) is 17.1 Å². The lowest BCUT2D eigenvalue weighted by atomic mass is 10.1. The van der Waals surface area contributed by atoms with Gasteiger partial charge in [-0.05, 0) is 74.4 Å². The summed E-state index contributed by atoms with van der Waals surface area (Å²) in [5.41, 5.74) is 5.37. The van der Waals surface area contributed by atoms with Gasteiger partial charge >= 0.3 is 0 Å². The van der Waals surface area contributed by atoms with Gasteiger partial charge in [-0.15, -0.1) is 5.10 Å². The normalized spacial score (nSPS) is 10.8. The van der Waals surface area contributed by atoms with Crippen molar-refractivity contribution in [2.75, 3.05) is 5.32 Å². The lowest BCUT2D eigenvalue weighted by Crippen LogP contribution is -2.14. The molecule has 0 aliphatic heterocycles. The number of carbonyl (C=O) groups excluding carboxylic acids is 1. The van der Waals surface area contributed by atoms with Crippen LogP contribution in [0.15, 0.2) is 66.7 Å². The molecule has 1 N–H and O–H groups in total. The highest BCUT2D eigenvalue weighted by Crippen LogP contribution is 2.25. The molecule has 3 aromatic carbocycles. The summed E-state index contributed by atoms with van der Waals surface area (Å²) in [6.07, 6.45) is 0. The van der Waals surface area contributed by atoms with E-state index in [9.17, 15) is 9.18 Å². The van der Waals surface area contributed by atoms with Crippen LogP contribution in [0, 0.1) is 26.6 Å². The summed E-state index contributed by atoms with van der Waals surface area (Å²) in [7, 11) is 0. The van der Waals surface area contributed by atoms with E-state index in [1.165, 1.54) is 12.1 Å². The van der Waals surface area contributed by atoms with Crippen molar-refractivity contribution < 1.29 is 9.18 Å². The number of aryl methyl sites for hydroxylation is 2. The highest BCUT2D eigenvalue weighted by molar-refractivity contribution is 6.01. The van der Waals surface area contributed by atoms with Crippen molar-refractivity contribution in [1.82, 2.24) is 14.8 Å². The monoisotopic (exact) mass is 400 g/mol. The minimum absolute atomic E-state index is 0.0378. The van der Waals surface area contributed by atoms with Crippen LogP contribution in [0.5, 0.6) is 0 Å². The number of nitrogens with zero attached hydrogens (tertiary/aromatic N) is 3. The molecule has 150 valence electrons. The minimum atomic E-state index is -0.411. The first-order chi connectivity index (χ1) is 14.4. The molecule has 0 saturated heterocycles. The molecule has 4 aromatic rings. The van der Waals surface area contributed by atoms with Crippen molar-refractivity contribution in [2.24, 2.45) is 0 Å². The van der Waals surface area contributed by atoms with Gasteiger partial charge in [0.05, 0.1) is 5.69 Å². The summed E-state index contributed by atoms with van der Waals surface area (Å²) in [5, 5.41) is 7.32. The van der Waals surface area contributed by atoms with Gasteiger partial charge in [0.1, 0.15) is 5.82 Å². The van der Waals surface area contributed by atoms with Gasteiger partial charge < -0.3 is 5.32 Å². The molecule has 0 spiro atoms. The van der Waals surface area contributed by atoms with Crippen LogP contribution in [0.1, 0.15) is 27.3 Å². The number of halogens is 1. The van der Waals surface area contributed by atoms with E-state index in [4.69, 9.17) is 0 Å². The van der Waals surface area contributed by atoms with Crippen LogP contribution in [0.4, 0.5) is 10.1 Å². The van der Waals surface area contributed by atoms with E-state index in [0.29, 0.717) is 17.1 Å². The zero-order valence-electron chi connectivity index (χ0n) is 17.0. The molecule has 0 bridgehead atoms. The molecule has 4 rings (SSSR count). The van der Waals surface area contributed by atoms with Crippen molar-refractivity contribution in [1.29, 1.82) is 0 Å². The molecule has 0 radical (unpaired) electrons. The largest absolute Gasteiger partial charge is 0.319 e. The number of aromatic nitrogens is 3. The van der Waals surface area contributed by atoms with Crippen molar-refractivity contribution in [3.63, 3.8) is 0 Å². The summed E-state index contributed by atoms with van der Waals surface area (Å²) in [5.74, 6) is -0.242. The predicted molar refractivity (Wildman–Crippen MR) is 115 cm³/mol. The smallest absolute Gasteiger partial charge is 0.295 e. The maximum atomic E-state index is 13.4. The third-order valence-corrected chi connectivity index (χ3v) is 5.03. The fraction of sp³-hybridized carbons (Fsp3) is 0.125. The van der Waals surface area contributed by atoms with Gasteiger partial charge in [0.25, 0.3) is 5.91 Å². The Balaban J connectivity index is 1.79. The Hall–Kier alpha value is -3.80. The summed E-state index contributed by atoms with van der Waals surface area (Å²) in [6.45, 7) is 5.99. The molecule has 1 heterocycles. The third-order valence-electron chi connectivity index (χ3n) is 5.03. The fourth-order valence-electron chi connectivity index (χ4n) is 3.15. The van der Waals surface area contributed by atoms with Crippen LogP contribution in [-0.4, -0.2) is 20.7 Å². The van der Waals surface area contributed by atoms with Crippen molar-refractivity contribution in [3.8, 4) is 17.1 Å². The number of hydrogen-bond acceptors (Lipinski definition) is 3. The van der Waals surface area contributed by atoms with Crippen LogP contribution >= 0.6 is 0 Å². The Morgan fingerprint density at radius 2 is 1.63 bits per heavy atom. The molecule has 6 heteroatoms. The summed E-state index contributed by atoms with van der Waals surface area (Å²) >= 11 is 0. The highest BCUT2D eigenvalue weighted by atomic mass is 19.1. The van der Waals surface area contributed by atoms with E-state index in [2.05, 4.69) is 15.4 Å². The highest BCUT2D eigenvalue weighted by Gasteiger charge is 2.20. The number of benzene rings is 3. The maximum Gasteiger partial charge on any atom is 0.295 e. The number of carbonyl (C=O) groups is 1. The number of anilines is 1. The predicted octanol–water partition coefficient (Wildman–Crippen LogP) is 5.25. The van der Waals surface area contributed by atoms with Crippen LogP contribution in [0.2, 0.25) is 0 Å².